The highest BCUT2D eigenvalue weighted by atomic mass is 32.1. The quantitative estimate of drug-likeness (QED) is 0.833. The van der Waals surface area contributed by atoms with Crippen LogP contribution in [-0.4, -0.2) is 21.8 Å². The van der Waals surface area contributed by atoms with Crippen LogP contribution in [0, 0.1) is 0 Å². The van der Waals surface area contributed by atoms with Crippen molar-refractivity contribution in [1.29, 1.82) is 0 Å². The van der Waals surface area contributed by atoms with Crippen molar-refractivity contribution in [3.8, 4) is 5.82 Å². The van der Waals surface area contributed by atoms with Crippen LogP contribution in [0.25, 0.3) is 5.82 Å². The summed E-state index contributed by atoms with van der Waals surface area (Å²) in [6.45, 7) is 2.09. The molecule has 0 spiro atoms. The van der Waals surface area contributed by atoms with Crippen LogP contribution in [-0.2, 0) is 0 Å². The van der Waals surface area contributed by atoms with E-state index in [1.165, 1.54) is 0 Å². The van der Waals surface area contributed by atoms with Gasteiger partial charge in [0.1, 0.15) is 5.01 Å². The number of aromatic nitrogens is 3. The lowest BCUT2D eigenvalue weighted by Gasteiger charge is -2.04. The first-order valence-corrected chi connectivity index (χ1v) is 5.32. The third kappa shape index (κ3) is 1.69. The Morgan fingerprint density at radius 3 is 3.07 bits per heavy atom. The Balaban J connectivity index is 2.26. The molecule has 2 aromatic rings. The lowest BCUT2D eigenvalue weighted by molar-refractivity contribution is 0.644. The molecule has 0 aromatic carbocycles. The first-order chi connectivity index (χ1) is 6.81. The first-order valence-electron chi connectivity index (χ1n) is 4.44. The molecule has 0 aliphatic rings. The van der Waals surface area contributed by atoms with Crippen LogP contribution in [0.15, 0.2) is 23.8 Å². The fourth-order valence-electron chi connectivity index (χ4n) is 1.11. The molecule has 2 rings (SSSR count). The fourth-order valence-corrected chi connectivity index (χ4v) is 1.97. The Kier molecular flexibility index (Phi) is 2.60. The van der Waals surface area contributed by atoms with E-state index in [4.69, 9.17) is 0 Å². The molecule has 0 aliphatic heterocycles. The Bertz CT molecular complexity index is 393. The number of nitrogens with zero attached hydrogens (tertiary/aromatic N) is 3. The topological polar surface area (TPSA) is 42.7 Å². The van der Waals surface area contributed by atoms with E-state index >= 15 is 0 Å². The van der Waals surface area contributed by atoms with E-state index in [9.17, 15) is 0 Å². The molecule has 2 heterocycles. The second-order valence-corrected chi connectivity index (χ2v) is 3.89. The van der Waals surface area contributed by atoms with Gasteiger partial charge in [-0.2, -0.15) is 5.10 Å². The molecule has 1 atom stereocenters. The van der Waals surface area contributed by atoms with E-state index < -0.39 is 0 Å². The van der Waals surface area contributed by atoms with Gasteiger partial charge in [-0.3, -0.25) is 0 Å². The van der Waals surface area contributed by atoms with Crippen molar-refractivity contribution >= 4 is 11.3 Å². The summed E-state index contributed by atoms with van der Waals surface area (Å²) in [4.78, 5) is 4.48. The summed E-state index contributed by atoms with van der Waals surface area (Å²) in [6.07, 6.45) is 3.64. The van der Waals surface area contributed by atoms with Gasteiger partial charge in [0.25, 0.3) is 0 Å². The summed E-state index contributed by atoms with van der Waals surface area (Å²) >= 11 is 1.65. The monoisotopic (exact) mass is 208 g/mol. The Morgan fingerprint density at radius 1 is 1.57 bits per heavy atom. The summed E-state index contributed by atoms with van der Waals surface area (Å²) in [5.74, 6) is 0.886. The Hall–Kier alpha value is -1.20. The van der Waals surface area contributed by atoms with E-state index in [1.807, 2.05) is 24.7 Å². The third-order valence-electron chi connectivity index (χ3n) is 2.05. The second kappa shape index (κ2) is 3.89. The van der Waals surface area contributed by atoms with Gasteiger partial charge in [-0.25, -0.2) is 9.67 Å². The Morgan fingerprint density at radius 2 is 2.43 bits per heavy atom. The minimum Gasteiger partial charge on any atom is -0.311 e. The van der Waals surface area contributed by atoms with Gasteiger partial charge < -0.3 is 5.32 Å². The summed E-state index contributed by atoms with van der Waals surface area (Å²) in [7, 11) is 1.93. The highest BCUT2D eigenvalue weighted by Crippen LogP contribution is 2.19. The van der Waals surface area contributed by atoms with Gasteiger partial charge in [0, 0.05) is 17.8 Å². The van der Waals surface area contributed by atoms with Gasteiger partial charge in [0.15, 0.2) is 5.82 Å². The van der Waals surface area contributed by atoms with Gasteiger partial charge in [0.05, 0.1) is 6.04 Å². The molecule has 0 saturated heterocycles. The highest BCUT2D eigenvalue weighted by molar-refractivity contribution is 7.09. The number of thiazole rings is 1. The average Bonchev–Trinajstić information content (AvgIpc) is 2.86. The predicted molar refractivity (Wildman–Crippen MR) is 56.7 cm³/mol. The lowest BCUT2D eigenvalue weighted by atomic mass is 10.4. The van der Waals surface area contributed by atoms with Crippen LogP contribution < -0.4 is 5.32 Å². The maximum Gasteiger partial charge on any atom is 0.164 e. The van der Waals surface area contributed by atoms with Crippen LogP contribution in [0.4, 0.5) is 0 Å². The summed E-state index contributed by atoms with van der Waals surface area (Å²) in [6, 6.07) is 2.19. The molecule has 4 nitrogen and oxygen atoms in total. The smallest absolute Gasteiger partial charge is 0.164 e. The van der Waals surface area contributed by atoms with Gasteiger partial charge in [-0.15, -0.1) is 11.3 Å². The van der Waals surface area contributed by atoms with Crippen molar-refractivity contribution < 1.29 is 0 Å². The van der Waals surface area contributed by atoms with Crippen molar-refractivity contribution in [2.75, 3.05) is 7.05 Å². The van der Waals surface area contributed by atoms with Gasteiger partial charge in [-0.1, -0.05) is 0 Å². The van der Waals surface area contributed by atoms with Gasteiger partial charge in [0.2, 0.25) is 0 Å². The maximum atomic E-state index is 4.48. The number of nitrogens with one attached hydrogen (secondary N) is 1. The molecule has 14 heavy (non-hydrogen) atoms. The third-order valence-corrected chi connectivity index (χ3v) is 3.07. The van der Waals surface area contributed by atoms with E-state index in [0.29, 0.717) is 6.04 Å². The lowest BCUT2D eigenvalue weighted by Crippen LogP contribution is -2.12. The molecule has 5 heteroatoms. The molecule has 0 fully saturated rings. The standard InChI is InChI=1S/C9H12N4S/c1-7(10-2)9-12-8(6-14-9)13-5-3-4-11-13/h3-7,10H,1-2H3. The molecular formula is C9H12N4S. The molecule has 1 unspecified atom stereocenters. The summed E-state index contributed by atoms with van der Waals surface area (Å²) in [5.41, 5.74) is 0. The number of hydrogen-bond donors (Lipinski definition) is 1. The van der Waals surface area contributed by atoms with E-state index in [-0.39, 0.29) is 0 Å². The maximum absolute atomic E-state index is 4.48. The van der Waals surface area contributed by atoms with Gasteiger partial charge in [-0.05, 0) is 20.0 Å². The van der Waals surface area contributed by atoms with E-state index in [1.54, 1.807) is 22.2 Å². The molecule has 0 aliphatic carbocycles. The first kappa shape index (κ1) is 9.36. The van der Waals surface area contributed by atoms with Crippen molar-refractivity contribution in [2.45, 2.75) is 13.0 Å². The van der Waals surface area contributed by atoms with Crippen LogP contribution in [0.5, 0.6) is 0 Å². The van der Waals surface area contributed by atoms with Crippen molar-refractivity contribution in [3.05, 3.63) is 28.8 Å². The zero-order valence-corrected chi connectivity index (χ0v) is 8.95. The van der Waals surface area contributed by atoms with Gasteiger partial charge >= 0.3 is 0 Å². The molecule has 0 bridgehead atoms. The minimum absolute atomic E-state index is 0.296. The SMILES string of the molecule is CNC(C)c1nc(-n2cccn2)cs1. The zero-order chi connectivity index (χ0) is 9.97. The zero-order valence-electron chi connectivity index (χ0n) is 8.14. The fraction of sp³-hybridized carbons (Fsp3) is 0.333. The van der Waals surface area contributed by atoms with Crippen molar-refractivity contribution in [3.63, 3.8) is 0 Å². The second-order valence-electron chi connectivity index (χ2n) is 3.00. The van der Waals surface area contributed by atoms with E-state index in [0.717, 1.165) is 10.8 Å². The molecule has 0 saturated carbocycles. The number of rotatable bonds is 3. The van der Waals surface area contributed by atoms with Crippen molar-refractivity contribution in [1.82, 2.24) is 20.1 Å². The number of hydrogen-bond acceptors (Lipinski definition) is 4. The molecule has 74 valence electrons. The molecule has 0 amide bonds. The molecular weight excluding hydrogens is 196 g/mol. The predicted octanol–water partition coefficient (Wildman–Crippen LogP) is 1.61. The van der Waals surface area contributed by atoms with Crippen LogP contribution in [0.1, 0.15) is 18.0 Å². The van der Waals surface area contributed by atoms with Crippen molar-refractivity contribution in [2.24, 2.45) is 0 Å². The van der Waals surface area contributed by atoms with Crippen LogP contribution in [0.2, 0.25) is 0 Å². The Labute approximate surface area is 86.6 Å². The molecule has 1 N–H and O–H groups in total. The average molecular weight is 208 g/mol. The van der Waals surface area contributed by atoms with Crippen LogP contribution >= 0.6 is 11.3 Å². The largest absolute Gasteiger partial charge is 0.311 e. The molecule has 0 radical (unpaired) electrons. The summed E-state index contributed by atoms with van der Waals surface area (Å²) in [5, 5.41) is 10.4. The molecule has 2 aromatic heterocycles. The van der Waals surface area contributed by atoms with Crippen LogP contribution in [0.3, 0.4) is 0 Å². The summed E-state index contributed by atoms with van der Waals surface area (Å²) < 4.78 is 1.77. The minimum atomic E-state index is 0.296. The van der Waals surface area contributed by atoms with E-state index in [2.05, 4.69) is 22.3 Å². The highest BCUT2D eigenvalue weighted by Gasteiger charge is 2.08. The normalized spacial score (nSPS) is 13.0.